The molecule has 2 aliphatic rings. The molecule has 1 fully saturated rings. The molecule has 0 saturated carbocycles. The van der Waals surface area contributed by atoms with Gasteiger partial charge in [0.15, 0.2) is 0 Å². The van der Waals surface area contributed by atoms with Crippen LogP contribution in [0.4, 0.5) is 0 Å². The average molecular weight is 379 g/mol. The number of aliphatic carboxylic acids is 1. The number of carboxylic acid groups (broad SMARTS) is 1. The highest BCUT2D eigenvalue weighted by Crippen LogP contribution is 2.29. The summed E-state index contributed by atoms with van der Waals surface area (Å²) in [5, 5.41) is 13.2. The van der Waals surface area contributed by atoms with E-state index < -0.39 is 5.97 Å². The molecule has 0 bridgehead atoms. The van der Waals surface area contributed by atoms with Gasteiger partial charge in [0, 0.05) is 42.0 Å². The van der Waals surface area contributed by atoms with Crippen LogP contribution in [0, 0.1) is 0 Å². The van der Waals surface area contributed by atoms with Crippen LogP contribution in [0.2, 0.25) is 0 Å². The number of carbonyl (C=O) groups excluding carboxylic acids is 1. The van der Waals surface area contributed by atoms with Crippen LogP contribution in [0.5, 0.6) is 5.75 Å². The summed E-state index contributed by atoms with van der Waals surface area (Å²) in [6.45, 7) is 1.04. The first-order chi connectivity index (χ1) is 13.6. The number of aromatic nitrogens is 2. The summed E-state index contributed by atoms with van der Waals surface area (Å²) in [5.41, 5.74) is 2.30. The molecule has 1 saturated heterocycles. The van der Waals surface area contributed by atoms with Gasteiger partial charge >= 0.3 is 5.97 Å². The Morgan fingerprint density at radius 3 is 2.96 bits per heavy atom. The van der Waals surface area contributed by atoms with Crippen molar-refractivity contribution in [1.29, 1.82) is 0 Å². The minimum absolute atomic E-state index is 0.0504. The van der Waals surface area contributed by atoms with Gasteiger partial charge in [-0.05, 0) is 37.1 Å². The maximum atomic E-state index is 13.1. The van der Waals surface area contributed by atoms with Crippen LogP contribution < -0.4 is 4.74 Å². The van der Waals surface area contributed by atoms with Gasteiger partial charge in [0.05, 0.1) is 6.26 Å². The highest BCUT2D eigenvalue weighted by molar-refractivity contribution is 6.01. The topological polar surface area (TPSA) is 84.7 Å². The van der Waals surface area contributed by atoms with Crippen LogP contribution in [-0.2, 0) is 16.1 Å². The number of benzene rings is 1. The summed E-state index contributed by atoms with van der Waals surface area (Å²) in [4.78, 5) is 26.0. The van der Waals surface area contributed by atoms with Crippen molar-refractivity contribution in [1.82, 2.24) is 14.7 Å². The quantitative estimate of drug-likeness (QED) is 0.883. The number of piperidine rings is 1. The molecule has 0 spiro atoms. The van der Waals surface area contributed by atoms with Gasteiger partial charge in [0.25, 0.3) is 5.91 Å². The molecule has 1 amide bonds. The molecular weight excluding hydrogens is 358 g/mol. The number of likely N-dealkylation sites (tertiary alicyclic amines) is 1. The molecule has 2 aliphatic heterocycles. The third-order valence-electron chi connectivity index (χ3n) is 5.08. The van der Waals surface area contributed by atoms with Crippen molar-refractivity contribution in [2.45, 2.75) is 25.3 Å². The SMILES string of the molecule is O=C(O)Cn1nccc1[C@H]1CCCN(C(=O)C2=Cc3ccccc3OC=C2)C1. The molecule has 144 valence electrons. The Balaban J connectivity index is 1.54. The average Bonchev–Trinajstić information content (AvgIpc) is 3.04. The molecule has 3 heterocycles. The number of para-hydroxylation sites is 1. The standard InChI is InChI=1S/C21H21N3O4/c25-20(26)14-24-18(7-9-22-24)17-5-3-10-23(13-17)21(27)16-8-11-28-19-6-2-1-4-15(19)12-16/h1-2,4,6-9,11-12,17H,3,5,10,13-14H2,(H,25,26)/t17-/m0/s1. The fraction of sp³-hybridized carbons (Fsp3) is 0.286. The van der Waals surface area contributed by atoms with Gasteiger partial charge in [-0.3, -0.25) is 14.3 Å². The zero-order chi connectivity index (χ0) is 19.5. The Kier molecular flexibility index (Phi) is 4.97. The largest absolute Gasteiger partial charge is 0.480 e. The number of carboxylic acids is 1. The van der Waals surface area contributed by atoms with E-state index in [-0.39, 0.29) is 18.4 Å². The molecular formula is C21H21N3O4. The second-order valence-electron chi connectivity index (χ2n) is 6.96. The lowest BCUT2D eigenvalue weighted by molar-refractivity contribution is -0.138. The second-order valence-corrected chi connectivity index (χ2v) is 6.96. The summed E-state index contributed by atoms with van der Waals surface area (Å²) in [7, 11) is 0. The van der Waals surface area contributed by atoms with Crippen LogP contribution in [0.3, 0.4) is 0 Å². The van der Waals surface area contributed by atoms with Crippen molar-refractivity contribution in [3.8, 4) is 5.75 Å². The first-order valence-electron chi connectivity index (χ1n) is 9.28. The first-order valence-corrected chi connectivity index (χ1v) is 9.28. The summed E-state index contributed by atoms with van der Waals surface area (Å²) < 4.78 is 7.09. The monoisotopic (exact) mass is 379 g/mol. The van der Waals surface area contributed by atoms with Crippen molar-refractivity contribution >= 4 is 18.0 Å². The molecule has 1 N–H and O–H groups in total. The molecule has 2 aromatic rings. The number of amides is 1. The Labute approximate surface area is 162 Å². The Hall–Kier alpha value is -3.35. The highest BCUT2D eigenvalue weighted by atomic mass is 16.5. The molecule has 7 heteroatoms. The number of fused-ring (bicyclic) bond motifs is 1. The van der Waals surface area contributed by atoms with Crippen LogP contribution in [0.25, 0.3) is 6.08 Å². The molecule has 4 rings (SSSR count). The molecule has 7 nitrogen and oxygen atoms in total. The smallest absolute Gasteiger partial charge is 0.325 e. The molecule has 0 aliphatic carbocycles. The van der Waals surface area contributed by atoms with Crippen LogP contribution in [0.15, 0.2) is 54.4 Å². The zero-order valence-corrected chi connectivity index (χ0v) is 15.3. The first kappa shape index (κ1) is 18.0. The van der Waals surface area contributed by atoms with Gasteiger partial charge in [0.1, 0.15) is 12.3 Å². The predicted octanol–water partition coefficient (Wildman–Crippen LogP) is 2.66. The Bertz CT molecular complexity index is 960. The van der Waals surface area contributed by atoms with Crippen LogP contribution in [0.1, 0.15) is 30.0 Å². The maximum absolute atomic E-state index is 13.1. The van der Waals surface area contributed by atoms with E-state index in [1.807, 2.05) is 41.3 Å². The van der Waals surface area contributed by atoms with Gasteiger partial charge in [-0.15, -0.1) is 0 Å². The number of hydrogen-bond donors (Lipinski definition) is 1. The molecule has 1 aromatic carbocycles. The van der Waals surface area contributed by atoms with E-state index in [0.29, 0.717) is 18.7 Å². The summed E-state index contributed by atoms with van der Waals surface area (Å²) in [5.74, 6) is -0.194. The maximum Gasteiger partial charge on any atom is 0.325 e. The lowest BCUT2D eigenvalue weighted by atomic mass is 9.94. The van der Waals surface area contributed by atoms with Crippen molar-refractivity contribution in [3.05, 3.63) is 65.7 Å². The van der Waals surface area contributed by atoms with Crippen LogP contribution in [-0.4, -0.2) is 44.8 Å². The zero-order valence-electron chi connectivity index (χ0n) is 15.3. The highest BCUT2D eigenvalue weighted by Gasteiger charge is 2.28. The van der Waals surface area contributed by atoms with E-state index in [0.717, 1.165) is 29.8 Å². The molecule has 1 atom stereocenters. The minimum atomic E-state index is -0.930. The van der Waals surface area contributed by atoms with Gasteiger partial charge in [-0.25, -0.2) is 0 Å². The molecule has 0 unspecified atom stereocenters. The van der Waals surface area contributed by atoms with Gasteiger partial charge in [-0.1, -0.05) is 18.2 Å². The summed E-state index contributed by atoms with van der Waals surface area (Å²) in [6.07, 6.45) is 8.46. The van der Waals surface area contributed by atoms with Crippen molar-refractivity contribution in [3.63, 3.8) is 0 Å². The normalized spacial score (nSPS) is 18.6. The Morgan fingerprint density at radius 1 is 1.25 bits per heavy atom. The Morgan fingerprint density at radius 2 is 2.11 bits per heavy atom. The summed E-state index contributed by atoms with van der Waals surface area (Å²) in [6, 6.07) is 9.43. The number of rotatable bonds is 4. The fourth-order valence-electron chi connectivity index (χ4n) is 3.77. The van der Waals surface area contributed by atoms with Crippen LogP contribution >= 0.6 is 0 Å². The number of carbonyl (C=O) groups is 2. The van der Waals surface area contributed by atoms with Gasteiger partial charge < -0.3 is 14.7 Å². The summed E-state index contributed by atoms with van der Waals surface area (Å²) >= 11 is 0. The van der Waals surface area contributed by atoms with E-state index in [9.17, 15) is 9.59 Å². The lowest BCUT2D eigenvalue weighted by Crippen LogP contribution is -2.40. The fourth-order valence-corrected chi connectivity index (χ4v) is 3.77. The van der Waals surface area contributed by atoms with Gasteiger partial charge in [-0.2, -0.15) is 5.10 Å². The van der Waals surface area contributed by atoms with Gasteiger partial charge in [0.2, 0.25) is 0 Å². The third-order valence-corrected chi connectivity index (χ3v) is 5.08. The van der Waals surface area contributed by atoms with E-state index in [1.165, 1.54) is 4.68 Å². The predicted molar refractivity (Wildman–Crippen MR) is 103 cm³/mol. The molecule has 1 aromatic heterocycles. The third kappa shape index (κ3) is 3.69. The van der Waals surface area contributed by atoms with Crippen molar-refractivity contribution in [2.24, 2.45) is 0 Å². The van der Waals surface area contributed by atoms with E-state index in [1.54, 1.807) is 18.5 Å². The van der Waals surface area contributed by atoms with Crippen molar-refractivity contribution < 1.29 is 19.4 Å². The molecule has 0 radical (unpaired) electrons. The number of nitrogens with zero attached hydrogens (tertiary/aromatic N) is 3. The second kappa shape index (κ2) is 7.72. The number of hydrogen-bond acceptors (Lipinski definition) is 4. The lowest BCUT2D eigenvalue weighted by Gasteiger charge is -2.33. The van der Waals surface area contributed by atoms with Crippen molar-refractivity contribution in [2.75, 3.05) is 13.1 Å². The molecule has 28 heavy (non-hydrogen) atoms. The number of ether oxygens (including phenoxy) is 1. The van der Waals surface area contributed by atoms with E-state index in [4.69, 9.17) is 9.84 Å². The van der Waals surface area contributed by atoms with E-state index in [2.05, 4.69) is 5.10 Å². The minimum Gasteiger partial charge on any atom is -0.480 e. The van der Waals surface area contributed by atoms with E-state index >= 15 is 0 Å².